The van der Waals surface area contributed by atoms with Gasteiger partial charge in [0.15, 0.2) is 9.84 Å². The monoisotopic (exact) mass is 210 g/mol. The van der Waals surface area contributed by atoms with Crippen molar-refractivity contribution in [3.05, 3.63) is 29.3 Å². The lowest BCUT2D eigenvalue weighted by Crippen LogP contribution is -2.04. The highest BCUT2D eigenvalue weighted by atomic mass is 32.2. The number of nitriles is 1. The van der Waals surface area contributed by atoms with E-state index in [1.165, 1.54) is 0 Å². The number of hydrogen-bond donors (Lipinski definition) is 1. The maximum Gasteiger partial charge on any atom is 0.151 e. The summed E-state index contributed by atoms with van der Waals surface area (Å²) in [5, 5.41) is 8.77. The van der Waals surface area contributed by atoms with E-state index in [2.05, 4.69) is 0 Å². The maximum absolute atomic E-state index is 11.0. The molecule has 1 rings (SSSR count). The van der Waals surface area contributed by atoms with Crippen molar-refractivity contribution >= 4 is 15.5 Å². The van der Waals surface area contributed by atoms with Gasteiger partial charge in [0.1, 0.15) is 6.07 Å². The van der Waals surface area contributed by atoms with E-state index < -0.39 is 9.84 Å². The molecule has 74 valence electrons. The van der Waals surface area contributed by atoms with Crippen molar-refractivity contribution < 1.29 is 8.42 Å². The molecule has 0 aliphatic heterocycles. The number of nitrogens with zero attached hydrogens (tertiary/aromatic N) is 1. The van der Waals surface area contributed by atoms with Crippen LogP contribution in [0.5, 0.6) is 0 Å². The van der Waals surface area contributed by atoms with Crippen molar-refractivity contribution in [3.8, 4) is 6.07 Å². The number of benzene rings is 1. The van der Waals surface area contributed by atoms with Crippen molar-refractivity contribution in [1.29, 1.82) is 5.26 Å². The van der Waals surface area contributed by atoms with Gasteiger partial charge in [-0.15, -0.1) is 0 Å². The molecule has 0 bridgehead atoms. The van der Waals surface area contributed by atoms with Gasteiger partial charge in [0, 0.05) is 11.9 Å². The highest BCUT2D eigenvalue weighted by molar-refractivity contribution is 7.89. The number of sulfone groups is 1. The van der Waals surface area contributed by atoms with Crippen LogP contribution in [0.3, 0.4) is 0 Å². The van der Waals surface area contributed by atoms with Crippen molar-refractivity contribution in [1.82, 2.24) is 0 Å². The number of anilines is 1. The van der Waals surface area contributed by atoms with E-state index in [1.807, 2.05) is 6.07 Å². The first-order valence-corrected chi connectivity index (χ1v) is 5.95. The summed E-state index contributed by atoms with van der Waals surface area (Å²) in [6.45, 7) is 0. The molecule has 0 amide bonds. The quantitative estimate of drug-likeness (QED) is 0.728. The van der Waals surface area contributed by atoms with Gasteiger partial charge in [-0.3, -0.25) is 0 Å². The zero-order chi connectivity index (χ0) is 10.8. The van der Waals surface area contributed by atoms with Gasteiger partial charge < -0.3 is 5.73 Å². The zero-order valence-corrected chi connectivity index (χ0v) is 8.50. The summed E-state index contributed by atoms with van der Waals surface area (Å²) in [7, 11) is -3.13. The predicted molar refractivity (Wildman–Crippen MR) is 54.1 cm³/mol. The van der Waals surface area contributed by atoms with Crippen LogP contribution in [-0.2, 0) is 15.6 Å². The van der Waals surface area contributed by atoms with Crippen molar-refractivity contribution in [3.63, 3.8) is 0 Å². The van der Waals surface area contributed by atoms with Crippen LogP contribution in [-0.4, -0.2) is 14.7 Å². The fraction of sp³-hybridized carbons (Fsp3) is 0.222. The summed E-state index contributed by atoms with van der Waals surface area (Å²) in [4.78, 5) is 0. The van der Waals surface area contributed by atoms with E-state index in [0.29, 0.717) is 11.3 Å². The molecule has 0 heterocycles. The minimum absolute atomic E-state index is 0.152. The van der Waals surface area contributed by atoms with Crippen LogP contribution in [0, 0.1) is 11.3 Å². The maximum atomic E-state index is 11.0. The molecule has 0 aliphatic rings. The van der Waals surface area contributed by atoms with Gasteiger partial charge in [-0.2, -0.15) is 5.26 Å². The Morgan fingerprint density at radius 1 is 1.50 bits per heavy atom. The number of hydrogen-bond acceptors (Lipinski definition) is 4. The third kappa shape index (κ3) is 2.47. The van der Waals surface area contributed by atoms with Crippen LogP contribution in [0.1, 0.15) is 11.1 Å². The SMILES string of the molecule is CS(=O)(=O)Cc1cccc(N)c1C#N. The summed E-state index contributed by atoms with van der Waals surface area (Å²) in [5.74, 6) is -0.152. The van der Waals surface area contributed by atoms with E-state index >= 15 is 0 Å². The molecule has 4 nitrogen and oxygen atoms in total. The molecule has 5 heteroatoms. The number of nitrogens with two attached hydrogens (primary N) is 1. The van der Waals surface area contributed by atoms with E-state index in [9.17, 15) is 8.42 Å². The average molecular weight is 210 g/mol. The van der Waals surface area contributed by atoms with Gasteiger partial charge in [-0.1, -0.05) is 12.1 Å². The Balaban J connectivity index is 3.24. The van der Waals surface area contributed by atoms with Gasteiger partial charge in [0.2, 0.25) is 0 Å². The summed E-state index contributed by atoms with van der Waals surface area (Å²) in [5.41, 5.74) is 6.55. The lowest BCUT2D eigenvalue weighted by molar-refractivity contribution is 0.601. The molecule has 2 N–H and O–H groups in total. The second kappa shape index (κ2) is 3.68. The van der Waals surface area contributed by atoms with E-state index in [-0.39, 0.29) is 11.3 Å². The molecule has 0 aromatic heterocycles. The molecular weight excluding hydrogens is 200 g/mol. The molecule has 14 heavy (non-hydrogen) atoms. The second-order valence-corrected chi connectivity index (χ2v) is 5.20. The lowest BCUT2D eigenvalue weighted by Gasteiger charge is -2.04. The van der Waals surface area contributed by atoms with E-state index in [4.69, 9.17) is 11.0 Å². The first kappa shape index (κ1) is 10.5. The largest absolute Gasteiger partial charge is 0.398 e. The molecule has 1 aromatic carbocycles. The van der Waals surface area contributed by atoms with Crippen molar-refractivity contribution in [2.75, 3.05) is 12.0 Å². The lowest BCUT2D eigenvalue weighted by atomic mass is 10.1. The van der Waals surface area contributed by atoms with Crippen LogP contribution < -0.4 is 5.73 Å². The predicted octanol–water partition coefficient (Wildman–Crippen LogP) is 0.685. The first-order chi connectivity index (χ1) is 6.44. The van der Waals surface area contributed by atoms with Crippen LogP contribution in [0.4, 0.5) is 5.69 Å². The van der Waals surface area contributed by atoms with Crippen LogP contribution >= 0.6 is 0 Å². The van der Waals surface area contributed by atoms with Gasteiger partial charge in [0.05, 0.1) is 11.3 Å². The number of nitrogen functional groups attached to an aromatic ring is 1. The van der Waals surface area contributed by atoms with Gasteiger partial charge >= 0.3 is 0 Å². The Morgan fingerprint density at radius 2 is 2.14 bits per heavy atom. The Hall–Kier alpha value is -1.54. The molecule has 1 aromatic rings. The Morgan fingerprint density at radius 3 is 2.64 bits per heavy atom. The number of rotatable bonds is 2. The minimum atomic E-state index is -3.13. The smallest absolute Gasteiger partial charge is 0.151 e. The summed E-state index contributed by atoms with van der Waals surface area (Å²) in [6, 6.07) is 6.70. The van der Waals surface area contributed by atoms with Crippen molar-refractivity contribution in [2.45, 2.75) is 5.75 Å². The van der Waals surface area contributed by atoms with Crippen LogP contribution in [0.2, 0.25) is 0 Å². The molecular formula is C9H10N2O2S. The molecule has 0 fully saturated rings. The molecule has 0 spiro atoms. The highest BCUT2D eigenvalue weighted by Gasteiger charge is 2.10. The normalized spacial score (nSPS) is 10.9. The van der Waals surface area contributed by atoms with Gasteiger partial charge in [-0.05, 0) is 11.6 Å². The average Bonchev–Trinajstić information content (AvgIpc) is 2.01. The molecule has 0 aliphatic carbocycles. The summed E-state index contributed by atoms with van der Waals surface area (Å²) in [6.07, 6.45) is 1.12. The highest BCUT2D eigenvalue weighted by Crippen LogP contribution is 2.17. The fourth-order valence-electron chi connectivity index (χ4n) is 1.16. The van der Waals surface area contributed by atoms with E-state index in [0.717, 1.165) is 6.26 Å². The molecule has 0 atom stereocenters. The summed E-state index contributed by atoms with van der Waals surface area (Å²) < 4.78 is 22.1. The van der Waals surface area contributed by atoms with Crippen LogP contribution in [0.25, 0.3) is 0 Å². The standard InChI is InChI=1S/C9H10N2O2S/c1-14(12,13)6-7-3-2-4-9(11)8(7)5-10/h2-4H,6,11H2,1H3. The fourth-order valence-corrected chi connectivity index (χ4v) is 1.96. The summed E-state index contributed by atoms with van der Waals surface area (Å²) >= 11 is 0. The third-order valence-corrected chi connectivity index (χ3v) is 2.55. The minimum Gasteiger partial charge on any atom is -0.398 e. The molecule has 0 saturated heterocycles. The van der Waals surface area contributed by atoms with Crippen LogP contribution in [0.15, 0.2) is 18.2 Å². The Bertz CT molecular complexity index is 486. The van der Waals surface area contributed by atoms with E-state index in [1.54, 1.807) is 18.2 Å². The molecule has 0 radical (unpaired) electrons. The molecule has 0 unspecified atom stereocenters. The Labute approximate surface area is 82.9 Å². The Kier molecular flexibility index (Phi) is 2.77. The topological polar surface area (TPSA) is 83.9 Å². The van der Waals surface area contributed by atoms with Gasteiger partial charge in [0.25, 0.3) is 0 Å². The molecule has 0 saturated carbocycles. The second-order valence-electron chi connectivity index (χ2n) is 3.06. The van der Waals surface area contributed by atoms with Crippen molar-refractivity contribution in [2.24, 2.45) is 0 Å². The zero-order valence-electron chi connectivity index (χ0n) is 7.69. The first-order valence-electron chi connectivity index (χ1n) is 3.89. The van der Waals surface area contributed by atoms with Gasteiger partial charge in [-0.25, -0.2) is 8.42 Å². The third-order valence-electron chi connectivity index (χ3n) is 1.71.